The molecular weight excluding hydrogens is 306 g/mol. The first-order valence-electron chi connectivity index (χ1n) is 7.83. The first kappa shape index (κ1) is 17.3. The van der Waals surface area contributed by atoms with Gasteiger partial charge in [0.2, 0.25) is 5.91 Å². The SMILES string of the molecule is CCCOc1ccccc1/C=C/C(=O)NCc1csc(C)c1C. The fourth-order valence-electron chi connectivity index (χ4n) is 2.11. The molecule has 3 nitrogen and oxygen atoms in total. The molecule has 0 aliphatic heterocycles. The van der Waals surface area contributed by atoms with E-state index >= 15 is 0 Å². The van der Waals surface area contributed by atoms with Gasteiger partial charge in [-0.3, -0.25) is 4.79 Å². The number of aryl methyl sites for hydroxylation is 1. The molecule has 0 radical (unpaired) electrons. The molecule has 1 N–H and O–H groups in total. The van der Waals surface area contributed by atoms with E-state index in [4.69, 9.17) is 4.74 Å². The average Bonchev–Trinajstić information content (AvgIpc) is 2.88. The third-order valence-electron chi connectivity index (χ3n) is 3.64. The van der Waals surface area contributed by atoms with E-state index in [0.29, 0.717) is 13.2 Å². The summed E-state index contributed by atoms with van der Waals surface area (Å²) >= 11 is 1.72. The van der Waals surface area contributed by atoms with Gasteiger partial charge in [0.1, 0.15) is 5.75 Å². The molecular formula is C19H23NO2S. The Bertz CT molecular complexity index is 688. The van der Waals surface area contributed by atoms with Crippen LogP contribution in [-0.2, 0) is 11.3 Å². The van der Waals surface area contributed by atoms with Crippen molar-refractivity contribution >= 4 is 23.3 Å². The number of carbonyl (C=O) groups excluding carboxylic acids is 1. The summed E-state index contributed by atoms with van der Waals surface area (Å²) in [7, 11) is 0. The lowest BCUT2D eigenvalue weighted by atomic mass is 10.1. The van der Waals surface area contributed by atoms with E-state index < -0.39 is 0 Å². The molecule has 1 aromatic carbocycles. The monoisotopic (exact) mass is 329 g/mol. The molecule has 2 rings (SSSR count). The van der Waals surface area contributed by atoms with Gasteiger partial charge in [0.25, 0.3) is 0 Å². The Morgan fingerprint density at radius 3 is 2.78 bits per heavy atom. The van der Waals surface area contributed by atoms with Gasteiger partial charge in [-0.1, -0.05) is 25.1 Å². The molecule has 122 valence electrons. The molecule has 0 bridgehead atoms. The van der Waals surface area contributed by atoms with Crippen molar-refractivity contribution in [2.45, 2.75) is 33.7 Å². The van der Waals surface area contributed by atoms with Gasteiger partial charge in [0, 0.05) is 23.1 Å². The van der Waals surface area contributed by atoms with Crippen molar-refractivity contribution in [1.29, 1.82) is 0 Å². The molecule has 0 saturated carbocycles. The van der Waals surface area contributed by atoms with Crippen LogP contribution in [0.4, 0.5) is 0 Å². The minimum atomic E-state index is -0.0986. The Morgan fingerprint density at radius 2 is 2.09 bits per heavy atom. The van der Waals surface area contributed by atoms with Crippen LogP contribution in [0.2, 0.25) is 0 Å². The summed E-state index contributed by atoms with van der Waals surface area (Å²) in [5, 5.41) is 5.03. The minimum absolute atomic E-state index is 0.0986. The van der Waals surface area contributed by atoms with Crippen LogP contribution >= 0.6 is 11.3 Å². The summed E-state index contributed by atoms with van der Waals surface area (Å²) in [6, 6.07) is 7.74. The van der Waals surface area contributed by atoms with Gasteiger partial charge in [-0.15, -0.1) is 11.3 Å². The molecule has 1 heterocycles. The molecule has 0 spiro atoms. The van der Waals surface area contributed by atoms with Crippen LogP contribution in [0.25, 0.3) is 6.08 Å². The van der Waals surface area contributed by atoms with Crippen LogP contribution in [0.5, 0.6) is 5.75 Å². The summed E-state index contributed by atoms with van der Waals surface area (Å²) in [6.45, 7) is 7.49. The normalized spacial score (nSPS) is 10.9. The van der Waals surface area contributed by atoms with Crippen molar-refractivity contribution in [3.63, 3.8) is 0 Å². The topological polar surface area (TPSA) is 38.3 Å². The zero-order valence-electron chi connectivity index (χ0n) is 13.9. The Labute approximate surface area is 142 Å². The number of hydrogen-bond donors (Lipinski definition) is 1. The van der Waals surface area contributed by atoms with Gasteiger partial charge in [-0.2, -0.15) is 0 Å². The second-order valence-electron chi connectivity index (χ2n) is 5.38. The van der Waals surface area contributed by atoms with Crippen molar-refractivity contribution in [1.82, 2.24) is 5.32 Å². The minimum Gasteiger partial charge on any atom is -0.493 e. The molecule has 0 aliphatic carbocycles. The van der Waals surface area contributed by atoms with E-state index in [1.807, 2.05) is 24.3 Å². The van der Waals surface area contributed by atoms with Gasteiger partial charge in [0.05, 0.1) is 6.61 Å². The van der Waals surface area contributed by atoms with Gasteiger partial charge < -0.3 is 10.1 Å². The smallest absolute Gasteiger partial charge is 0.244 e. The van der Waals surface area contributed by atoms with Gasteiger partial charge in [-0.25, -0.2) is 0 Å². The summed E-state index contributed by atoms with van der Waals surface area (Å²) in [4.78, 5) is 13.3. The van der Waals surface area contributed by atoms with Crippen LogP contribution in [0.15, 0.2) is 35.7 Å². The van der Waals surface area contributed by atoms with Crippen molar-refractivity contribution in [2.75, 3.05) is 6.61 Å². The quantitative estimate of drug-likeness (QED) is 0.760. The molecule has 1 aromatic heterocycles. The number of nitrogens with one attached hydrogen (secondary N) is 1. The van der Waals surface area contributed by atoms with Crippen LogP contribution in [0.3, 0.4) is 0 Å². The second-order valence-corrected chi connectivity index (χ2v) is 6.46. The maximum Gasteiger partial charge on any atom is 0.244 e. The number of carbonyl (C=O) groups is 1. The highest BCUT2D eigenvalue weighted by atomic mass is 32.1. The maximum atomic E-state index is 12.0. The predicted molar refractivity (Wildman–Crippen MR) is 96.9 cm³/mol. The molecule has 23 heavy (non-hydrogen) atoms. The van der Waals surface area contributed by atoms with E-state index in [1.165, 1.54) is 16.0 Å². The van der Waals surface area contributed by atoms with E-state index in [1.54, 1.807) is 23.5 Å². The van der Waals surface area contributed by atoms with Crippen LogP contribution in [-0.4, -0.2) is 12.5 Å². The number of para-hydroxylation sites is 1. The molecule has 0 unspecified atom stereocenters. The zero-order chi connectivity index (χ0) is 16.7. The van der Waals surface area contributed by atoms with Crippen molar-refractivity contribution in [2.24, 2.45) is 0 Å². The molecule has 0 fully saturated rings. The summed E-state index contributed by atoms with van der Waals surface area (Å²) in [6.07, 6.45) is 4.31. The van der Waals surface area contributed by atoms with Crippen molar-refractivity contribution in [3.8, 4) is 5.75 Å². The first-order valence-corrected chi connectivity index (χ1v) is 8.71. The van der Waals surface area contributed by atoms with E-state index in [9.17, 15) is 4.79 Å². The fraction of sp³-hybridized carbons (Fsp3) is 0.316. The lowest BCUT2D eigenvalue weighted by Gasteiger charge is -2.07. The third kappa shape index (κ3) is 4.96. The standard InChI is InChI=1S/C19H23NO2S/c1-4-11-22-18-8-6-5-7-16(18)9-10-19(21)20-12-17-13-23-15(3)14(17)2/h5-10,13H,4,11-12H2,1-3H3,(H,20,21)/b10-9+. The lowest BCUT2D eigenvalue weighted by Crippen LogP contribution is -2.20. The lowest BCUT2D eigenvalue weighted by molar-refractivity contribution is -0.116. The molecule has 0 aliphatic rings. The van der Waals surface area contributed by atoms with Crippen LogP contribution in [0, 0.1) is 13.8 Å². The predicted octanol–water partition coefficient (Wildman–Crippen LogP) is 4.48. The number of amides is 1. The molecule has 0 saturated heterocycles. The number of ether oxygens (including phenoxy) is 1. The van der Waals surface area contributed by atoms with Crippen LogP contribution < -0.4 is 10.1 Å². The zero-order valence-corrected chi connectivity index (χ0v) is 14.7. The Morgan fingerprint density at radius 1 is 1.30 bits per heavy atom. The largest absolute Gasteiger partial charge is 0.493 e. The number of hydrogen-bond acceptors (Lipinski definition) is 3. The summed E-state index contributed by atoms with van der Waals surface area (Å²) in [5.74, 6) is 0.709. The molecule has 2 aromatic rings. The maximum absolute atomic E-state index is 12.0. The molecule has 1 amide bonds. The second kappa shape index (κ2) is 8.53. The van der Waals surface area contributed by atoms with Gasteiger partial charge >= 0.3 is 0 Å². The Balaban J connectivity index is 1.94. The third-order valence-corrected chi connectivity index (χ3v) is 4.70. The first-order chi connectivity index (χ1) is 11.1. The van der Waals surface area contributed by atoms with Gasteiger partial charge in [0.15, 0.2) is 0 Å². The van der Waals surface area contributed by atoms with E-state index in [2.05, 4.69) is 31.5 Å². The average molecular weight is 329 g/mol. The fourth-order valence-corrected chi connectivity index (χ4v) is 2.99. The van der Waals surface area contributed by atoms with Crippen molar-refractivity contribution < 1.29 is 9.53 Å². The van der Waals surface area contributed by atoms with E-state index in [-0.39, 0.29) is 5.91 Å². The highest BCUT2D eigenvalue weighted by Crippen LogP contribution is 2.21. The summed E-state index contributed by atoms with van der Waals surface area (Å²) in [5.41, 5.74) is 3.36. The molecule has 4 heteroatoms. The number of rotatable bonds is 7. The number of benzene rings is 1. The Hall–Kier alpha value is -2.07. The molecule has 0 atom stereocenters. The Kier molecular flexibility index (Phi) is 6.41. The number of thiophene rings is 1. The van der Waals surface area contributed by atoms with E-state index in [0.717, 1.165) is 17.7 Å². The highest BCUT2D eigenvalue weighted by Gasteiger charge is 2.05. The van der Waals surface area contributed by atoms with Gasteiger partial charge in [-0.05, 0) is 48.9 Å². The van der Waals surface area contributed by atoms with Crippen molar-refractivity contribution in [3.05, 3.63) is 57.3 Å². The highest BCUT2D eigenvalue weighted by molar-refractivity contribution is 7.10. The van der Waals surface area contributed by atoms with Crippen LogP contribution in [0.1, 0.15) is 34.9 Å². The summed E-state index contributed by atoms with van der Waals surface area (Å²) < 4.78 is 5.68.